The molecule has 5 unspecified atom stereocenters. The lowest BCUT2D eigenvalue weighted by Crippen LogP contribution is -2.36. The molecule has 2 bridgehead atoms. The van der Waals surface area contributed by atoms with E-state index in [4.69, 9.17) is 9.84 Å². The predicted octanol–water partition coefficient (Wildman–Crippen LogP) is 2.17. The minimum absolute atomic E-state index is 0.188. The van der Waals surface area contributed by atoms with Gasteiger partial charge in [0, 0.05) is 5.92 Å². The first-order valence-corrected chi connectivity index (χ1v) is 8.37. The smallest absolute Gasteiger partial charge is 0.335 e. The van der Waals surface area contributed by atoms with Crippen LogP contribution >= 0.6 is 0 Å². The van der Waals surface area contributed by atoms with E-state index >= 15 is 0 Å². The summed E-state index contributed by atoms with van der Waals surface area (Å²) < 4.78 is 5.54. The normalized spacial score (nSPS) is 33.1. The molecule has 2 N–H and O–H groups in total. The van der Waals surface area contributed by atoms with E-state index in [1.54, 1.807) is 12.1 Å². The van der Waals surface area contributed by atoms with E-state index in [-0.39, 0.29) is 17.4 Å². The van der Waals surface area contributed by atoms with Gasteiger partial charge >= 0.3 is 5.97 Å². The van der Waals surface area contributed by atoms with Gasteiger partial charge in [-0.2, -0.15) is 0 Å². The first-order chi connectivity index (χ1) is 11.1. The van der Waals surface area contributed by atoms with Crippen molar-refractivity contribution in [2.45, 2.75) is 19.3 Å². The molecular formula is C18H21NO4. The molecule has 0 heterocycles. The van der Waals surface area contributed by atoms with Crippen molar-refractivity contribution in [3.8, 4) is 5.75 Å². The minimum Gasteiger partial charge on any atom is -0.492 e. The zero-order valence-electron chi connectivity index (χ0n) is 12.9. The summed E-state index contributed by atoms with van der Waals surface area (Å²) in [6.45, 7) is 0.881. The molecule has 3 aliphatic carbocycles. The average molecular weight is 315 g/mol. The quantitative estimate of drug-likeness (QED) is 0.789. The maximum Gasteiger partial charge on any atom is 0.335 e. The van der Waals surface area contributed by atoms with Crippen LogP contribution in [0.25, 0.3) is 0 Å². The van der Waals surface area contributed by atoms with E-state index in [0.717, 1.165) is 24.2 Å². The van der Waals surface area contributed by atoms with Crippen molar-refractivity contribution in [3.05, 3.63) is 29.8 Å². The Bertz CT molecular complexity index is 626. The number of nitrogens with one attached hydrogen (secondary N) is 1. The van der Waals surface area contributed by atoms with Gasteiger partial charge in [-0.1, -0.05) is 0 Å². The van der Waals surface area contributed by atoms with Crippen LogP contribution < -0.4 is 10.1 Å². The van der Waals surface area contributed by atoms with Gasteiger partial charge in [0.15, 0.2) is 0 Å². The third-order valence-corrected chi connectivity index (χ3v) is 5.80. The second-order valence-corrected chi connectivity index (χ2v) is 7.03. The molecule has 5 nitrogen and oxygen atoms in total. The zero-order chi connectivity index (χ0) is 16.0. The largest absolute Gasteiger partial charge is 0.492 e. The molecule has 122 valence electrons. The monoisotopic (exact) mass is 315 g/mol. The molecule has 1 aromatic rings. The van der Waals surface area contributed by atoms with Gasteiger partial charge in [-0.25, -0.2) is 4.79 Å². The number of carboxylic acid groups (broad SMARTS) is 1. The molecule has 3 saturated carbocycles. The summed E-state index contributed by atoms with van der Waals surface area (Å²) >= 11 is 0. The lowest BCUT2D eigenvalue weighted by atomic mass is 9.88. The highest BCUT2D eigenvalue weighted by Crippen LogP contribution is 2.67. The summed E-state index contributed by atoms with van der Waals surface area (Å²) in [6, 6.07) is 6.29. The van der Waals surface area contributed by atoms with Crippen LogP contribution in [0.3, 0.4) is 0 Å². The average Bonchev–Trinajstić information content (AvgIpc) is 3.15. The summed E-state index contributed by atoms with van der Waals surface area (Å²) in [7, 11) is 0. The molecule has 5 heteroatoms. The number of carbonyl (C=O) groups is 2. The van der Waals surface area contributed by atoms with Crippen LogP contribution in [0.5, 0.6) is 5.75 Å². The summed E-state index contributed by atoms with van der Waals surface area (Å²) in [4.78, 5) is 23.1. The van der Waals surface area contributed by atoms with Crippen LogP contribution in [0.4, 0.5) is 0 Å². The first-order valence-electron chi connectivity index (χ1n) is 8.37. The van der Waals surface area contributed by atoms with Crippen molar-refractivity contribution in [1.29, 1.82) is 0 Å². The summed E-state index contributed by atoms with van der Waals surface area (Å²) in [5.74, 6) is 3.30. The van der Waals surface area contributed by atoms with Gasteiger partial charge in [-0.3, -0.25) is 4.79 Å². The van der Waals surface area contributed by atoms with E-state index in [1.165, 1.54) is 25.0 Å². The third kappa shape index (κ3) is 2.69. The molecule has 3 fully saturated rings. The molecule has 0 aromatic heterocycles. The number of hydrogen-bond acceptors (Lipinski definition) is 3. The fourth-order valence-electron chi connectivity index (χ4n) is 4.67. The van der Waals surface area contributed by atoms with E-state index in [1.807, 2.05) is 0 Å². The standard InChI is InChI=1S/C18H21NO4/c20-17(16-8-11-7-14(16)15-9-13(11)15)19-5-6-23-12-3-1-10(2-4-12)18(21)22/h1-4,11,13-16H,5-9H2,(H,19,20)(H,21,22). The summed E-state index contributed by atoms with van der Waals surface area (Å²) in [5.41, 5.74) is 0.236. The van der Waals surface area contributed by atoms with Crippen LogP contribution in [-0.2, 0) is 4.79 Å². The first kappa shape index (κ1) is 14.5. The maximum atomic E-state index is 12.3. The van der Waals surface area contributed by atoms with Crippen LogP contribution in [0.15, 0.2) is 24.3 Å². The number of rotatable bonds is 6. The lowest BCUT2D eigenvalue weighted by molar-refractivity contribution is -0.126. The van der Waals surface area contributed by atoms with Crippen molar-refractivity contribution >= 4 is 11.9 Å². The van der Waals surface area contributed by atoms with Crippen molar-refractivity contribution < 1.29 is 19.4 Å². The van der Waals surface area contributed by atoms with E-state index in [9.17, 15) is 9.59 Å². The molecule has 1 aromatic carbocycles. The molecule has 23 heavy (non-hydrogen) atoms. The summed E-state index contributed by atoms with van der Waals surface area (Å²) in [6.07, 6.45) is 3.70. The predicted molar refractivity (Wildman–Crippen MR) is 83.2 cm³/mol. The van der Waals surface area contributed by atoms with Gasteiger partial charge in [-0.15, -0.1) is 0 Å². The Morgan fingerprint density at radius 1 is 1.09 bits per heavy atom. The second kappa shape index (κ2) is 5.55. The Labute approximate surface area is 135 Å². The molecule has 1 amide bonds. The zero-order valence-corrected chi connectivity index (χ0v) is 12.9. The van der Waals surface area contributed by atoms with Gasteiger partial charge in [0.1, 0.15) is 12.4 Å². The molecular weight excluding hydrogens is 294 g/mol. The number of ether oxygens (including phenoxy) is 1. The molecule has 5 atom stereocenters. The van der Waals surface area contributed by atoms with Crippen LogP contribution in [0, 0.1) is 29.6 Å². The second-order valence-electron chi connectivity index (χ2n) is 7.03. The Morgan fingerprint density at radius 3 is 2.52 bits per heavy atom. The van der Waals surface area contributed by atoms with E-state index < -0.39 is 5.97 Å². The fourth-order valence-corrected chi connectivity index (χ4v) is 4.67. The highest BCUT2D eigenvalue weighted by molar-refractivity contribution is 5.87. The number of fused-ring (bicyclic) bond motifs is 5. The van der Waals surface area contributed by atoms with Crippen molar-refractivity contribution in [3.63, 3.8) is 0 Å². The van der Waals surface area contributed by atoms with Crippen molar-refractivity contribution in [1.82, 2.24) is 5.32 Å². The van der Waals surface area contributed by atoms with Gasteiger partial charge in [0.2, 0.25) is 5.91 Å². The van der Waals surface area contributed by atoms with Gasteiger partial charge in [0.05, 0.1) is 12.1 Å². The highest BCUT2D eigenvalue weighted by Gasteiger charge is 2.62. The Kier molecular flexibility index (Phi) is 3.51. The number of hydrogen-bond donors (Lipinski definition) is 2. The number of benzene rings is 1. The Balaban J connectivity index is 1.20. The number of aromatic carboxylic acids is 1. The van der Waals surface area contributed by atoms with Gasteiger partial charge in [0.25, 0.3) is 0 Å². The van der Waals surface area contributed by atoms with E-state index in [2.05, 4.69) is 5.32 Å². The summed E-state index contributed by atoms with van der Waals surface area (Å²) in [5, 5.41) is 11.8. The lowest BCUT2D eigenvalue weighted by Gasteiger charge is -2.20. The number of amides is 1. The fraction of sp³-hybridized carbons (Fsp3) is 0.556. The molecule has 0 aliphatic heterocycles. The van der Waals surface area contributed by atoms with E-state index in [0.29, 0.717) is 24.8 Å². The van der Waals surface area contributed by atoms with Crippen LogP contribution in [0.2, 0.25) is 0 Å². The van der Waals surface area contributed by atoms with Crippen LogP contribution in [-0.4, -0.2) is 30.1 Å². The topological polar surface area (TPSA) is 75.6 Å². The SMILES string of the molecule is O=C(O)c1ccc(OCCNC(=O)C2CC3CC2C2CC32)cc1. The van der Waals surface area contributed by atoms with Gasteiger partial charge < -0.3 is 15.2 Å². The van der Waals surface area contributed by atoms with Gasteiger partial charge in [-0.05, 0) is 67.2 Å². The highest BCUT2D eigenvalue weighted by atomic mass is 16.5. The van der Waals surface area contributed by atoms with Crippen LogP contribution in [0.1, 0.15) is 29.6 Å². The minimum atomic E-state index is -0.951. The third-order valence-electron chi connectivity index (χ3n) is 5.80. The van der Waals surface area contributed by atoms with Crippen molar-refractivity contribution in [2.75, 3.05) is 13.2 Å². The molecule has 3 aliphatic rings. The Hall–Kier alpha value is -2.04. The number of carbonyl (C=O) groups excluding carboxylic acids is 1. The molecule has 0 radical (unpaired) electrons. The maximum absolute atomic E-state index is 12.3. The number of carboxylic acids is 1. The molecule has 0 saturated heterocycles. The molecule has 4 rings (SSSR count). The Morgan fingerprint density at radius 2 is 1.87 bits per heavy atom. The molecule has 0 spiro atoms. The van der Waals surface area contributed by atoms with Crippen molar-refractivity contribution in [2.24, 2.45) is 29.6 Å².